The molecule has 0 aromatic heterocycles. The fraction of sp³-hybridized carbons (Fsp3) is 0.500. The third-order valence-corrected chi connectivity index (χ3v) is 7.39. The summed E-state index contributed by atoms with van der Waals surface area (Å²) in [5.74, 6) is 1.58. The monoisotopic (exact) mass is 354 g/mol. The second-order valence-corrected chi connectivity index (χ2v) is 8.38. The van der Waals surface area contributed by atoms with Crippen LogP contribution in [0.3, 0.4) is 0 Å². The predicted octanol–water partition coefficient (Wildman–Crippen LogP) is 2.58. The highest BCUT2D eigenvalue weighted by Crippen LogP contribution is 2.34. The Morgan fingerprint density at radius 1 is 1.45 bits per heavy atom. The van der Waals surface area contributed by atoms with Crippen molar-refractivity contribution in [3.63, 3.8) is 0 Å². The number of thioether (sulfide) groups is 1. The molecule has 8 heteroatoms. The molecule has 2 rings (SSSR count). The van der Waals surface area contributed by atoms with Gasteiger partial charge in [0, 0.05) is 41.2 Å². The van der Waals surface area contributed by atoms with Gasteiger partial charge in [0.1, 0.15) is 4.90 Å². The van der Waals surface area contributed by atoms with Gasteiger partial charge < -0.3 is 5.73 Å². The average molecular weight is 355 g/mol. The molecule has 1 aliphatic rings. The molecule has 0 saturated carbocycles. The third-order valence-electron chi connectivity index (χ3n) is 3.25. The number of nitrogens with zero attached hydrogens (tertiary/aromatic N) is 1. The van der Waals surface area contributed by atoms with Crippen LogP contribution in [0, 0.1) is 0 Å². The van der Waals surface area contributed by atoms with Crippen molar-refractivity contribution in [1.82, 2.24) is 4.31 Å². The van der Waals surface area contributed by atoms with Gasteiger partial charge in [0.2, 0.25) is 10.0 Å². The fourth-order valence-corrected chi connectivity index (χ4v) is 5.92. The molecule has 1 unspecified atom stereocenters. The quantitative estimate of drug-likeness (QED) is 0.905. The molecule has 0 aliphatic carbocycles. The van der Waals surface area contributed by atoms with E-state index in [0.29, 0.717) is 17.1 Å². The number of hydrogen-bond donors (Lipinski definition) is 1. The third kappa shape index (κ3) is 2.96. The summed E-state index contributed by atoms with van der Waals surface area (Å²) in [5, 5.41) is 0.518. The molecule has 0 amide bonds. The summed E-state index contributed by atoms with van der Waals surface area (Å²) in [7, 11) is -3.62. The molecule has 1 fully saturated rings. The van der Waals surface area contributed by atoms with E-state index in [1.54, 1.807) is 11.8 Å². The Bertz CT molecular complexity index is 608. The summed E-state index contributed by atoms with van der Waals surface area (Å²) in [6, 6.07) is 2.94. The van der Waals surface area contributed by atoms with Crippen molar-refractivity contribution in [3.8, 4) is 0 Å². The van der Waals surface area contributed by atoms with Crippen LogP contribution in [0.1, 0.15) is 12.5 Å². The van der Waals surface area contributed by atoms with E-state index in [1.807, 2.05) is 6.92 Å². The van der Waals surface area contributed by atoms with Crippen molar-refractivity contribution in [3.05, 3.63) is 27.7 Å². The number of rotatable bonds is 3. The molecule has 1 saturated heterocycles. The van der Waals surface area contributed by atoms with Crippen molar-refractivity contribution < 1.29 is 8.42 Å². The first kappa shape index (κ1) is 16.4. The number of halogens is 2. The zero-order valence-electron chi connectivity index (χ0n) is 11.0. The Kier molecular flexibility index (Phi) is 5.26. The lowest BCUT2D eigenvalue weighted by Gasteiger charge is -2.32. The highest BCUT2D eigenvalue weighted by atomic mass is 35.5. The normalized spacial score (nSPS) is 21.1. The molecule has 112 valence electrons. The molecule has 0 spiro atoms. The van der Waals surface area contributed by atoms with Gasteiger partial charge >= 0.3 is 0 Å². The first-order valence-corrected chi connectivity index (χ1v) is 9.51. The lowest BCUT2D eigenvalue weighted by Crippen LogP contribution is -2.44. The van der Waals surface area contributed by atoms with Crippen molar-refractivity contribution in [2.24, 2.45) is 5.73 Å². The number of benzene rings is 1. The van der Waals surface area contributed by atoms with Gasteiger partial charge in [0.25, 0.3) is 0 Å². The number of nitrogens with two attached hydrogens (primary N) is 1. The lowest BCUT2D eigenvalue weighted by atomic mass is 10.2. The fourth-order valence-electron chi connectivity index (χ4n) is 2.16. The zero-order valence-corrected chi connectivity index (χ0v) is 14.1. The molecular weight excluding hydrogens is 339 g/mol. The molecule has 2 N–H and O–H groups in total. The van der Waals surface area contributed by atoms with Gasteiger partial charge in [0.15, 0.2) is 0 Å². The largest absolute Gasteiger partial charge is 0.326 e. The molecule has 4 nitrogen and oxygen atoms in total. The van der Waals surface area contributed by atoms with Crippen LogP contribution in [-0.2, 0) is 16.6 Å². The molecule has 20 heavy (non-hydrogen) atoms. The van der Waals surface area contributed by atoms with Crippen LogP contribution in [0.25, 0.3) is 0 Å². The van der Waals surface area contributed by atoms with E-state index in [0.717, 1.165) is 11.5 Å². The van der Waals surface area contributed by atoms with Crippen molar-refractivity contribution in [2.45, 2.75) is 24.4 Å². The summed E-state index contributed by atoms with van der Waals surface area (Å²) >= 11 is 13.9. The van der Waals surface area contributed by atoms with E-state index in [1.165, 1.54) is 16.4 Å². The van der Waals surface area contributed by atoms with Crippen LogP contribution in [0.15, 0.2) is 17.0 Å². The van der Waals surface area contributed by atoms with Gasteiger partial charge in [0.05, 0.1) is 5.02 Å². The Morgan fingerprint density at radius 2 is 2.15 bits per heavy atom. The van der Waals surface area contributed by atoms with Gasteiger partial charge in [-0.2, -0.15) is 16.1 Å². The Morgan fingerprint density at radius 3 is 2.75 bits per heavy atom. The van der Waals surface area contributed by atoms with E-state index < -0.39 is 10.0 Å². The minimum absolute atomic E-state index is 0.0492. The topological polar surface area (TPSA) is 63.4 Å². The lowest BCUT2D eigenvalue weighted by molar-refractivity contribution is 0.367. The number of sulfonamides is 1. The van der Waals surface area contributed by atoms with Gasteiger partial charge in [-0.25, -0.2) is 8.42 Å². The van der Waals surface area contributed by atoms with Crippen molar-refractivity contribution in [2.75, 3.05) is 18.1 Å². The molecule has 1 aromatic carbocycles. The summed E-state index contributed by atoms with van der Waals surface area (Å²) in [5.41, 5.74) is 6.05. The Labute approximate surface area is 133 Å². The minimum atomic E-state index is -3.62. The van der Waals surface area contributed by atoms with Crippen molar-refractivity contribution >= 4 is 45.0 Å². The molecule has 0 radical (unpaired) electrons. The van der Waals surface area contributed by atoms with Crippen LogP contribution in [-0.4, -0.2) is 36.8 Å². The Hall–Kier alpha value is 0.0200. The molecule has 1 atom stereocenters. The zero-order chi connectivity index (χ0) is 14.9. The van der Waals surface area contributed by atoms with Gasteiger partial charge in [-0.05, 0) is 19.1 Å². The highest BCUT2D eigenvalue weighted by molar-refractivity contribution is 7.99. The summed E-state index contributed by atoms with van der Waals surface area (Å²) in [4.78, 5) is 0.0859. The van der Waals surface area contributed by atoms with Gasteiger partial charge in [-0.3, -0.25) is 0 Å². The van der Waals surface area contributed by atoms with Crippen molar-refractivity contribution in [1.29, 1.82) is 0 Å². The smallest absolute Gasteiger partial charge is 0.244 e. The van der Waals surface area contributed by atoms with Crippen LogP contribution in [0.2, 0.25) is 10.0 Å². The maximum atomic E-state index is 12.7. The first-order valence-electron chi connectivity index (χ1n) is 6.16. The van der Waals surface area contributed by atoms with E-state index >= 15 is 0 Å². The predicted molar refractivity (Wildman–Crippen MR) is 85.0 cm³/mol. The SMILES string of the molecule is CC1CSCCN1S(=O)(=O)c1ccc(Cl)c(CN)c1Cl. The molecule has 1 heterocycles. The first-order chi connectivity index (χ1) is 9.39. The summed E-state index contributed by atoms with van der Waals surface area (Å²) in [6.45, 7) is 2.49. The minimum Gasteiger partial charge on any atom is -0.326 e. The highest BCUT2D eigenvalue weighted by Gasteiger charge is 2.33. The summed E-state index contributed by atoms with van der Waals surface area (Å²) in [6.07, 6.45) is 0. The van der Waals surface area contributed by atoms with E-state index in [9.17, 15) is 8.42 Å². The van der Waals surface area contributed by atoms with Gasteiger partial charge in [-0.15, -0.1) is 0 Å². The second-order valence-electron chi connectivity index (χ2n) is 4.58. The maximum Gasteiger partial charge on any atom is 0.244 e. The summed E-state index contributed by atoms with van der Waals surface area (Å²) < 4.78 is 27.0. The Balaban J connectivity index is 2.49. The van der Waals surface area contributed by atoms with E-state index in [-0.39, 0.29) is 22.5 Å². The molecule has 1 aliphatic heterocycles. The van der Waals surface area contributed by atoms with Crippen LogP contribution in [0.5, 0.6) is 0 Å². The maximum absolute atomic E-state index is 12.7. The van der Waals surface area contributed by atoms with E-state index in [4.69, 9.17) is 28.9 Å². The molecule has 0 bridgehead atoms. The standard InChI is InChI=1S/C12H16Cl2N2O2S2/c1-8-7-19-5-4-16(8)20(17,18)11-3-2-10(13)9(6-15)12(11)14/h2-3,8H,4-7,15H2,1H3. The average Bonchev–Trinajstić information content (AvgIpc) is 2.39. The van der Waals surface area contributed by atoms with E-state index in [2.05, 4.69) is 0 Å². The molecule has 1 aromatic rings. The van der Waals surface area contributed by atoms with Gasteiger partial charge in [-0.1, -0.05) is 23.2 Å². The van der Waals surface area contributed by atoms with Crippen LogP contribution >= 0.6 is 35.0 Å². The van der Waals surface area contributed by atoms with Crippen LogP contribution in [0.4, 0.5) is 0 Å². The van der Waals surface area contributed by atoms with Crippen LogP contribution < -0.4 is 5.73 Å². The number of hydrogen-bond acceptors (Lipinski definition) is 4. The molecular formula is C12H16Cl2N2O2S2. The second kappa shape index (κ2) is 6.42.